The van der Waals surface area contributed by atoms with Crippen LogP contribution in [0.15, 0.2) is 36.4 Å². The van der Waals surface area contributed by atoms with Gasteiger partial charge in [-0.15, -0.1) is 0 Å². The van der Waals surface area contributed by atoms with Crippen molar-refractivity contribution in [1.82, 2.24) is 5.32 Å². The third kappa shape index (κ3) is 3.71. The number of rotatable bonds is 5. The first-order valence-electron chi connectivity index (χ1n) is 6.37. The Balaban J connectivity index is 2.24. The Hall–Kier alpha value is -2.11. The van der Waals surface area contributed by atoms with E-state index in [9.17, 15) is 10.1 Å². The van der Waals surface area contributed by atoms with E-state index >= 15 is 0 Å². The highest BCUT2D eigenvalue weighted by Crippen LogP contribution is 2.33. The van der Waals surface area contributed by atoms with Gasteiger partial charge in [-0.05, 0) is 43.3 Å². The number of aryl methyl sites for hydroxylation is 1. The van der Waals surface area contributed by atoms with Gasteiger partial charge in [0.2, 0.25) is 0 Å². The van der Waals surface area contributed by atoms with E-state index < -0.39 is 4.92 Å². The monoisotopic (exact) mass is 306 g/mol. The summed E-state index contributed by atoms with van der Waals surface area (Å²) in [5, 5.41) is 14.3. The molecule has 110 valence electrons. The molecule has 2 rings (SSSR count). The summed E-state index contributed by atoms with van der Waals surface area (Å²) in [6, 6.07) is 9.98. The fraction of sp³-hybridized carbons (Fsp3) is 0.200. The Morgan fingerprint density at radius 3 is 2.52 bits per heavy atom. The van der Waals surface area contributed by atoms with Gasteiger partial charge in [0.25, 0.3) is 5.69 Å². The van der Waals surface area contributed by atoms with Gasteiger partial charge in [-0.1, -0.05) is 17.7 Å². The summed E-state index contributed by atoms with van der Waals surface area (Å²) in [5.41, 5.74) is 1.77. The third-order valence-electron chi connectivity index (χ3n) is 2.97. The van der Waals surface area contributed by atoms with E-state index in [0.717, 1.165) is 12.1 Å². The highest BCUT2D eigenvalue weighted by Gasteiger charge is 2.11. The Bertz CT molecular complexity index is 674. The van der Waals surface area contributed by atoms with Crippen molar-refractivity contribution in [2.24, 2.45) is 0 Å². The first-order valence-corrected chi connectivity index (χ1v) is 6.75. The summed E-state index contributed by atoms with van der Waals surface area (Å²) in [5.74, 6) is 1.07. The number of halogens is 1. The zero-order valence-corrected chi connectivity index (χ0v) is 12.5. The number of hydrogen-bond acceptors (Lipinski definition) is 4. The summed E-state index contributed by atoms with van der Waals surface area (Å²) >= 11 is 6.19. The highest BCUT2D eigenvalue weighted by molar-refractivity contribution is 6.32. The molecule has 0 amide bonds. The van der Waals surface area contributed by atoms with Crippen LogP contribution in [0.4, 0.5) is 5.69 Å². The average Bonchev–Trinajstić information content (AvgIpc) is 2.43. The molecule has 0 atom stereocenters. The molecule has 0 bridgehead atoms. The molecular formula is C15H15ClN2O3. The zero-order chi connectivity index (χ0) is 15.4. The van der Waals surface area contributed by atoms with Crippen LogP contribution in [0.3, 0.4) is 0 Å². The molecule has 0 saturated heterocycles. The van der Waals surface area contributed by atoms with Gasteiger partial charge in [0, 0.05) is 18.7 Å². The lowest BCUT2D eigenvalue weighted by Crippen LogP contribution is -2.04. The molecule has 0 saturated carbocycles. The van der Waals surface area contributed by atoms with Gasteiger partial charge in [-0.3, -0.25) is 10.1 Å². The fourth-order valence-corrected chi connectivity index (χ4v) is 2.16. The van der Waals surface area contributed by atoms with Gasteiger partial charge in [0.1, 0.15) is 11.5 Å². The summed E-state index contributed by atoms with van der Waals surface area (Å²) in [4.78, 5) is 10.3. The van der Waals surface area contributed by atoms with E-state index in [-0.39, 0.29) is 5.69 Å². The van der Waals surface area contributed by atoms with Crippen LogP contribution in [0, 0.1) is 17.0 Å². The number of non-ortho nitro benzene ring substituents is 1. The van der Waals surface area contributed by atoms with E-state index in [4.69, 9.17) is 16.3 Å². The van der Waals surface area contributed by atoms with Crippen molar-refractivity contribution in [3.63, 3.8) is 0 Å². The average molecular weight is 307 g/mol. The number of nitrogens with zero attached hydrogens (tertiary/aromatic N) is 1. The van der Waals surface area contributed by atoms with Crippen molar-refractivity contribution >= 4 is 17.3 Å². The Morgan fingerprint density at radius 1 is 1.24 bits per heavy atom. The number of ether oxygens (including phenoxy) is 1. The molecule has 0 unspecified atom stereocenters. The van der Waals surface area contributed by atoms with Crippen LogP contribution >= 0.6 is 11.6 Å². The molecule has 21 heavy (non-hydrogen) atoms. The lowest BCUT2D eigenvalue weighted by molar-refractivity contribution is -0.384. The molecular weight excluding hydrogens is 292 g/mol. The second kappa shape index (κ2) is 6.56. The lowest BCUT2D eigenvalue weighted by Gasteiger charge is -2.11. The number of benzene rings is 2. The van der Waals surface area contributed by atoms with Crippen LogP contribution in [0.5, 0.6) is 11.5 Å². The minimum absolute atomic E-state index is 0.0373. The fourth-order valence-electron chi connectivity index (χ4n) is 1.92. The van der Waals surface area contributed by atoms with Crippen LogP contribution in [0.1, 0.15) is 11.1 Å². The maximum Gasteiger partial charge on any atom is 0.269 e. The Morgan fingerprint density at radius 2 is 1.95 bits per heavy atom. The molecule has 1 N–H and O–H groups in total. The standard InChI is InChI=1S/C15H15ClN2O3/c1-10-7-12(18(19)20)4-6-14(10)21-15-5-3-11(9-17-2)8-13(15)16/h3-8,17H,9H2,1-2H3. The van der Waals surface area contributed by atoms with Crippen molar-refractivity contribution in [2.45, 2.75) is 13.5 Å². The van der Waals surface area contributed by atoms with Gasteiger partial charge < -0.3 is 10.1 Å². The predicted octanol–water partition coefficient (Wildman–Crippen LogP) is 4.07. The summed E-state index contributed by atoms with van der Waals surface area (Å²) in [6.45, 7) is 2.47. The van der Waals surface area contributed by atoms with E-state index in [2.05, 4.69) is 5.32 Å². The van der Waals surface area contributed by atoms with Crippen LogP contribution in [0.2, 0.25) is 5.02 Å². The SMILES string of the molecule is CNCc1ccc(Oc2ccc([N+](=O)[O-])cc2C)c(Cl)c1. The van der Waals surface area contributed by atoms with Gasteiger partial charge in [-0.25, -0.2) is 0 Å². The summed E-state index contributed by atoms with van der Waals surface area (Å²) < 4.78 is 5.73. The number of nitro benzene ring substituents is 1. The van der Waals surface area contributed by atoms with Crippen LogP contribution in [-0.2, 0) is 6.54 Å². The second-order valence-corrected chi connectivity index (χ2v) is 5.01. The second-order valence-electron chi connectivity index (χ2n) is 4.60. The first kappa shape index (κ1) is 15.3. The molecule has 0 aliphatic carbocycles. The molecule has 0 aromatic heterocycles. The van der Waals surface area contributed by atoms with Gasteiger partial charge in [0.15, 0.2) is 0 Å². The third-order valence-corrected chi connectivity index (χ3v) is 3.26. The van der Waals surface area contributed by atoms with Crippen molar-refractivity contribution in [1.29, 1.82) is 0 Å². The maximum absolute atomic E-state index is 10.7. The molecule has 0 spiro atoms. The minimum Gasteiger partial charge on any atom is -0.456 e. The highest BCUT2D eigenvalue weighted by atomic mass is 35.5. The number of hydrogen-bond donors (Lipinski definition) is 1. The lowest BCUT2D eigenvalue weighted by atomic mass is 10.2. The molecule has 5 nitrogen and oxygen atoms in total. The molecule has 0 aliphatic rings. The molecule has 0 radical (unpaired) electrons. The van der Waals surface area contributed by atoms with E-state index in [1.165, 1.54) is 12.1 Å². The van der Waals surface area contributed by atoms with Crippen LogP contribution in [0.25, 0.3) is 0 Å². The van der Waals surface area contributed by atoms with Gasteiger partial charge >= 0.3 is 0 Å². The largest absolute Gasteiger partial charge is 0.456 e. The Labute approximate surface area is 127 Å². The minimum atomic E-state index is -0.434. The molecule has 0 fully saturated rings. The van der Waals surface area contributed by atoms with Crippen LogP contribution < -0.4 is 10.1 Å². The number of nitro groups is 1. The number of nitrogens with one attached hydrogen (secondary N) is 1. The van der Waals surface area contributed by atoms with Crippen molar-refractivity contribution in [3.05, 3.63) is 62.7 Å². The topological polar surface area (TPSA) is 64.4 Å². The first-order chi connectivity index (χ1) is 10.0. The summed E-state index contributed by atoms with van der Waals surface area (Å²) in [7, 11) is 1.86. The molecule has 2 aromatic rings. The molecule has 6 heteroatoms. The van der Waals surface area contributed by atoms with Gasteiger partial charge in [0.05, 0.1) is 9.95 Å². The van der Waals surface area contributed by atoms with Crippen LogP contribution in [-0.4, -0.2) is 12.0 Å². The normalized spacial score (nSPS) is 10.4. The van der Waals surface area contributed by atoms with E-state index in [0.29, 0.717) is 22.1 Å². The molecule has 2 aromatic carbocycles. The van der Waals surface area contributed by atoms with Crippen molar-refractivity contribution < 1.29 is 9.66 Å². The predicted molar refractivity (Wildman–Crippen MR) is 82.1 cm³/mol. The summed E-state index contributed by atoms with van der Waals surface area (Å²) in [6.07, 6.45) is 0. The van der Waals surface area contributed by atoms with Crippen molar-refractivity contribution in [3.8, 4) is 11.5 Å². The molecule has 0 aliphatic heterocycles. The van der Waals surface area contributed by atoms with E-state index in [1.54, 1.807) is 19.1 Å². The molecule has 0 heterocycles. The quantitative estimate of drug-likeness (QED) is 0.668. The maximum atomic E-state index is 10.7. The smallest absolute Gasteiger partial charge is 0.269 e. The van der Waals surface area contributed by atoms with E-state index in [1.807, 2.05) is 19.2 Å². The Kier molecular flexibility index (Phi) is 4.77. The van der Waals surface area contributed by atoms with Gasteiger partial charge in [-0.2, -0.15) is 0 Å². The van der Waals surface area contributed by atoms with Crippen molar-refractivity contribution in [2.75, 3.05) is 7.05 Å². The zero-order valence-electron chi connectivity index (χ0n) is 11.7.